The first-order valence-corrected chi connectivity index (χ1v) is 15.0. The molecule has 4 rings (SSSR count). The van der Waals surface area contributed by atoms with Crippen LogP contribution >= 0.6 is 11.3 Å². The number of nitrogens with one attached hydrogen (secondary N) is 3. The fraction of sp³-hybridized carbons (Fsp3) is 0.304. The first-order chi connectivity index (χ1) is 21.4. The minimum Gasteiger partial charge on any atom is -0.489 e. The van der Waals surface area contributed by atoms with Gasteiger partial charge < -0.3 is 36.8 Å². The van der Waals surface area contributed by atoms with Gasteiger partial charge in [-0.2, -0.15) is 13.5 Å². The molecular weight excluding hydrogens is 638 g/mol. The molecule has 3 aromatic rings. The molecule has 3 atom stereocenters. The fourth-order valence-corrected chi connectivity index (χ4v) is 5.34. The summed E-state index contributed by atoms with van der Waals surface area (Å²) in [6.07, 6.45) is 0.664. The Balaban J connectivity index is 1.48. The molecule has 1 saturated heterocycles. The number of rotatable bonds is 15. The van der Waals surface area contributed by atoms with Crippen LogP contribution in [0.15, 0.2) is 47.5 Å². The van der Waals surface area contributed by atoms with Gasteiger partial charge in [-0.3, -0.25) is 24.2 Å². The quantitative estimate of drug-likeness (QED) is 0.0294. The van der Waals surface area contributed by atoms with Crippen molar-refractivity contribution >= 4 is 56.1 Å². The highest BCUT2D eigenvalue weighted by Gasteiger charge is 2.54. The molecule has 45 heavy (non-hydrogen) atoms. The number of benzene rings is 1. The number of hydrogen-bond donors (Lipinski definition) is 7. The summed E-state index contributed by atoms with van der Waals surface area (Å²) in [6.45, 7) is -0.0720. The van der Waals surface area contributed by atoms with Crippen LogP contribution in [0, 0.1) is 5.41 Å². The number of aliphatic carboxylic acids is 1. The minimum absolute atomic E-state index is 0.0275. The lowest BCUT2D eigenvalue weighted by Gasteiger charge is -2.43. The minimum atomic E-state index is -4.98. The van der Waals surface area contributed by atoms with Gasteiger partial charge in [0.1, 0.15) is 42.6 Å². The summed E-state index contributed by atoms with van der Waals surface area (Å²) in [5.74, 6) is -3.35. The molecule has 0 spiro atoms. The van der Waals surface area contributed by atoms with Gasteiger partial charge in [-0.05, 0) is 24.3 Å². The molecule has 1 unspecified atom stereocenters. The number of carbonyl (C=O) groups excluding carboxylic acids is 2. The Labute approximate surface area is 258 Å². The predicted octanol–water partition coefficient (Wildman–Crippen LogP) is -2.36. The van der Waals surface area contributed by atoms with E-state index in [0.717, 1.165) is 17.7 Å². The van der Waals surface area contributed by atoms with Crippen molar-refractivity contribution in [3.63, 3.8) is 0 Å². The van der Waals surface area contributed by atoms with Crippen molar-refractivity contribution in [1.82, 2.24) is 34.7 Å². The number of β-lactam (4-membered cyclic amide) rings is 1. The first-order valence-electron chi connectivity index (χ1n) is 12.8. The molecule has 2 aromatic heterocycles. The summed E-state index contributed by atoms with van der Waals surface area (Å²) >= 11 is 0.929. The van der Waals surface area contributed by atoms with Gasteiger partial charge >= 0.3 is 16.3 Å². The molecule has 0 aliphatic carbocycles. The van der Waals surface area contributed by atoms with Gasteiger partial charge in [-0.1, -0.05) is 5.16 Å². The van der Waals surface area contributed by atoms with Crippen LogP contribution < -0.4 is 26.8 Å². The average molecular weight is 666 g/mol. The summed E-state index contributed by atoms with van der Waals surface area (Å²) in [6, 6.07) is 3.40. The van der Waals surface area contributed by atoms with Crippen molar-refractivity contribution < 1.29 is 42.0 Å². The highest BCUT2D eigenvalue weighted by Crippen LogP contribution is 2.25. The Morgan fingerprint density at radius 1 is 1.27 bits per heavy atom. The molecule has 240 valence electrons. The number of hydrogen-bond acceptors (Lipinski definition) is 15. The zero-order chi connectivity index (χ0) is 32.7. The van der Waals surface area contributed by atoms with E-state index in [2.05, 4.69) is 30.9 Å². The maximum atomic E-state index is 13.3. The summed E-state index contributed by atoms with van der Waals surface area (Å²) in [4.78, 5) is 50.6. The van der Waals surface area contributed by atoms with Crippen LogP contribution in [0.1, 0.15) is 11.3 Å². The second kappa shape index (κ2) is 14.1. The number of amidine groups is 1. The Morgan fingerprint density at radius 2 is 2.00 bits per heavy atom. The number of carbonyl (C=O) groups is 3. The van der Waals surface area contributed by atoms with E-state index in [0.29, 0.717) is 18.7 Å². The van der Waals surface area contributed by atoms with Crippen LogP contribution in [0.5, 0.6) is 5.75 Å². The Kier molecular flexibility index (Phi) is 10.2. The van der Waals surface area contributed by atoms with E-state index in [4.69, 9.17) is 26.5 Å². The standard InChI is InChI=1S/C23H27N11O9S2/c24-5-6-28-19(25)12-1-3-13(4-2-12)42-8-16(22(37)38)43-32-17(14-9-44-23(26)30-14)20(35)31-18-15(7-33-11-27-10-29-33)34(21(18)36)45(39,40)41/h1-4,9-11,15-16,18H,5-8,24H2,(H2,25,28)(H2,26,30)(H,31,35)(H,37,38)(H,39,40,41)/b32-17-/t15-,16?,18+/m1/s1. The van der Waals surface area contributed by atoms with Crippen LogP contribution in [-0.2, 0) is 36.1 Å². The summed E-state index contributed by atoms with van der Waals surface area (Å²) in [7, 11) is -4.98. The van der Waals surface area contributed by atoms with Crippen molar-refractivity contribution in [2.45, 2.75) is 24.7 Å². The molecule has 1 aliphatic rings. The zero-order valence-corrected chi connectivity index (χ0v) is 24.6. The van der Waals surface area contributed by atoms with Crippen LogP contribution in [0.3, 0.4) is 0 Å². The largest absolute Gasteiger partial charge is 0.489 e. The number of nitrogens with zero attached hydrogens (tertiary/aromatic N) is 6. The lowest BCUT2D eigenvalue weighted by Crippen LogP contribution is -2.73. The molecule has 22 heteroatoms. The topological polar surface area (TPSA) is 303 Å². The number of nitrogens with two attached hydrogens (primary N) is 2. The number of anilines is 1. The van der Waals surface area contributed by atoms with Crippen molar-refractivity contribution in [1.29, 1.82) is 5.41 Å². The third-order valence-corrected chi connectivity index (χ3v) is 7.68. The molecule has 1 aromatic carbocycles. The van der Waals surface area contributed by atoms with E-state index < -0.39 is 58.6 Å². The molecule has 3 heterocycles. The number of thiazole rings is 1. The lowest BCUT2D eigenvalue weighted by atomic mass is 9.98. The van der Waals surface area contributed by atoms with Crippen molar-refractivity contribution in [3.8, 4) is 5.75 Å². The lowest BCUT2D eigenvalue weighted by molar-refractivity contribution is -0.152. The Hall–Kier alpha value is -5.19. The molecule has 0 saturated carbocycles. The van der Waals surface area contributed by atoms with Gasteiger partial charge in [0.05, 0.1) is 12.6 Å². The number of carboxylic acid groups (broad SMARTS) is 1. The highest BCUT2D eigenvalue weighted by atomic mass is 32.2. The summed E-state index contributed by atoms with van der Waals surface area (Å²) in [5.41, 5.74) is 10.9. The monoisotopic (exact) mass is 665 g/mol. The second-order valence-electron chi connectivity index (χ2n) is 9.12. The fourth-order valence-electron chi connectivity index (χ4n) is 3.92. The molecule has 2 amide bonds. The first kappa shape index (κ1) is 32.7. The molecule has 0 bridgehead atoms. The number of carboxylic acids is 1. The van der Waals surface area contributed by atoms with Gasteiger partial charge in [-0.25, -0.2) is 19.1 Å². The zero-order valence-electron chi connectivity index (χ0n) is 23.0. The highest BCUT2D eigenvalue weighted by molar-refractivity contribution is 7.84. The van der Waals surface area contributed by atoms with Crippen molar-refractivity contribution in [3.05, 3.63) is 53.6 Å². The maximum absolute atomic E-state index is 13.3. The molecule has 1 aliphatic heterocycles. The van der Waals surface area contributed by atoms with E-state index in [9.17, 15) is 32.5 Å². The maximum Gasteiger partial charge on any atom is 0.362 e. The van der Waals surface area contributed by atoms with Gasteiger partial charge in [0.25, 0.3) is 17.9 Å². The summed E-state index contributed by atoms with van der Waals surface area (Å²) in [5, 5.41) is 31.6. The number of nitrogen functional groups attached to an aromatic ring is 1. The second-order valence-corrected chi connectivity index (χ2v) is 11.3. The number of oxime groups is 1. The van der Waals surface area contributed by atoms with Crippen LogP contribution in [0.2, 0.25) is 0 Å². The Bertz CT molecular complexity index is 1680. The molecule has 1 fully saturated rings. The van der Waals surface area contributed by atoms with E-state index in [1.54, 1.807) is 12.1 Å². The number of aromatic nitrogens is 4. The van der Waals surface area contributed by atoms with E-state index in [1.165, 1.54) is 28.5 Å². The van der Waals surface area contributed by atoms with Crippen molar-refractivity contribution in [2.24, 2.45) is 10.9 Å². The van der Waals surface area contributed by atoms with Crippen molar-refractivity contribution in [2.75, 3.05) is 25.4 Å². The molecule has 9 N–H and O–H groups in total. The SMILES string of the molecule is N=C(NCCN)c1ccc(OCC(O/N=C(\C(=O)N[C@@H]2C(=O)N(S(=O)(=O)O)[C@@H]2Cn2cncn2)c2csc(N)n2)C(=O)O)cc1. The predicted molar refractivity (Wildman–Crippen MR) is 156 cm³/mol. The molecular formula is C23H27N11O9S2. The normalized spacial score (nSPS) is 17.2. The molecule has 20 nitrogen and oxygen atoms in total. The van der Waals surface area contributed by atoms with Gasteiger partial charge in [0.2, 0.25) is 0 Å². The van der Waals surface area contributed by atoms with E-state index >= 15 is 0 Å². The van der Waals surface area contributed by atoms with Crippen LogP contribution in [-0.4, -0.2) is 109 Å². The van der Waals surface area contributed by atoms with Crippen LogP contribution in [0.25, 0.3) is 0 Å². The number of ether oxygens (including phenoxy) is 1. The van der Waals surface area contributed by atoms with Crippen LogP contribution in [0.4, 0.5) is 5.13 Å². The van der Waals surface area contributed by atoms with Gasteiger partial charge in [-0.15, -0.1) is 11.3 Å². The third-order valence-electron chi connectivity index (χ3n) is 6.06. The van der Waals surface area contributed by atoms with E-state index in [-0.39, 0.29) is 33.3 Å². The average Bonchev–Trinajstić information content (AvgIpc) is 3.67. The van der Waals surface area contributed by atoms with Gasteiger partial charge in [0.15, 0.2) is 10.8 Å². The smallest absolute Gasteiger partial charge is 0.362 e. The third kappa shape index (κ3) is 8.05. The Morgan fingerprint density at radius 3 is 2.58 bits per heavy atom. The van der Waals surface area contributed by atoms with E-state index in [1.807, 2.05) is 0 Å². The summed E-state index contributed by atoms with van der Waals surface area (Å²) < 4.78 is 40.0. The number of amides is 2. The van der Waals surface area contributed by atoms with Gasteiger partial charge in [0, 0.05) is 24.0 Å². The molecule has 0 radical (unpaired) electrons.